The van der Waals surface area contributed by atoms with E-state index in [9.17, 15) is 9.90 Å². The molecule has 5 heteroatoms. The quantitative estimate of drug-likeness (QED) is 0.418. The third kappa shape index (κ3) is 8.12. The molecule has 1 unspecified atom stereocenters. The van der Waals surface area contributed by atoms with E-state index in [2.05, 4.69) is 50.5 Å². The topological polar surface area (TPSA) is 55.8 Å². The van der Waals surface area contributed by atoms with E-state index >= 15 is 0 Å². The first kappa shape index (κ1) is 23.8. The summed E-state index contributed by atoms with van der Waals surface area (Å²) >= 11 is 3.43. The molecule has 3 atom stereocenters. The molecule has 0 aromatic heterocycles. The van der Waals surface area contributed by atoms with Gasteiger partial charge in [-0.05, 0) is 54.7 Å². The van der Waals surface area contributed by atoms with Crippen LogP contribution in [0.5, 0.6) is 11.5 Å². The number of hydrogen-bond acceptors (Lipinski definition) is 4. The molecule has 0 saturated heterocycles. The molecule has 1 rings (SSSR count). The van der Waals surface area contributed by atoms with Gasteiger partial charge in [-0.15, -0.1) is 0 Å². The van der Waals surface area contributed by atoms with Gasteiger partial charge in [0.15, 0.2) is 11.5 Å². The summed E-state index contributed by atoms with van der Waals surface area (Å²) in [5.41, 5.74) is 0.912. The number of rotatable bonds is 11. The summed E-state index contributed by atoms with van der Waals surface area (Å²) in [6.45, 7) is 11.0. The fourth-order valence-electron chi connectivity index (χ4n) is 3.36. The van der Waals surface area contributed by atoms with Crippen LogP contribution in [0.4, 0.5) is 0 Å². The summed E-state index contributed by atoms with van der Waals surface area (Å²) in [6.07, 6.45) is 3.85. The van der Waals surface area contributed by atoms with Gasteiger partial charge in [-0.1, -0.05) is 57.0 Å². The first-order chi connectivity index (χ1) is 12.7. The minimum absolute atomic E-state index is 0.0333. The number of hydrogen-bond donors (Lipinski definition) is 1. The number of phenols is 1. The Bertz CT molecular complexity index is 600. The molecule has 154 valence electrons. The molecule has 1 N–H and O–H groups in total. The molecule has 0 radical (unpaired) electrons. The molecular formula is C22H35BrO4. The second-order valence-electron chi connectivity index (χ2n) is 8.00. The maximum atomic E-state index is 12.5. The lowest BCUT2D eigenvalue weighted by atomic mass is 9.88. The number of benzene rings is 1. The van der Waals surface area contributed by atoms with Crippen molar-refractivity contribution in [2.45, 2.75) is 72.8 Å². The van der Waals surface area contributed by atoms with Gasteiger partial charge in [-0.25, -0.2) is 0 Å². The highest BCUT2D eigenvalue weighted by Crippen LogP contribution is 2.33. The van der Waals surface area contributed by atoms with Crippen molar-refractivity contribution in [1.82, 2.24) is 0 Å². The second-order valence-corrected chi connectivity index (χ2v) is 8.85. The van der Waals surface area contributed by atoms with Crippen LogP contribution >= 0.6 is 15.9 Å². The predicted molar refractivity (Wildman–Crippen MR) is 113 cm³/mol. The first-order valence-electron chi connectivity index (χ1n) is 9.92. The monoisotopic (exact) mass is 442 g/mol. The Morgan fingerprint density at radius 1 is 1.19 bits per heavy atom. The SMILES string of the molecule is CCC(C)[C@H](C[C@@H](C)CC(C)C)OC(=O)CCc1cc(OC)c(O)cc1Br. The van der Waals surface area contributed by atoms with E-state index in [-0.39, 0.29) is 17.8 Å². The van der Waals surface area contributed by atoms with Gasteiger partial charge in [0.05, 0.1) is 7.11 Å². The number of methoxy groups -OCH3 is 1. The Morgan fingerprint density at radius 2 is 1.85 bits per heavy atom. The molecule has 0 aliphatic heterocycles. The predicted octanol–water partition coefficient (Wildman–Crippen LogP) is 6.13. The first-order valence-corrected chi connectivity index (χ1v) is 10.7. The number of carbonyl (C=O) groups excluding carboxylic acids is 1. The van der Waals surface area contributed by atoms with Crippen LogP contribution in [0.3, 0.4) is 0 Å². The molecule has 0 saturated carbocycles. The molecule has 4 nitrogen and oxygen atoms in total. The number of aryl methyl sites for hydroxylation is 1. The van der Waals surface area contributed by atoms with Gasteiger partial charge in [0, 0.05) is 10.9 Å². The maximum Gasteiger partial charge on any atom is 0.306 e. The number of esters is 1. The summed E-state index contributed by atoms with van der Waals surface area (Å²) < 4.78 is 11.8. The molecule has 27 heavy (non-hydrogen) atoms. The third-order valence-electron chi connectivity index (χ3n) is 5.02. The Labute approximate surface area is 172 Å². The molecule has 0 aliphatic carbocycles. The Balaban J connectivity index is 2.69. The van der Waals surface area contributed by atoms with Crippen LogP contribution in [-0.4, -0.2) is 24.3 Å². The highest BCUT2D eigenvalue weighted by molar-refractivity contribution is 9.10. The zero-order valence-electron chi connectivity index (χ0n) is 17.5. The fraction of sp³-hybridized carbons (Fsp3) is 0.682. The zero-order valence-corrected chi connectivity index (χ0v) is 19.1. The van der Waals surface area contributed by atoms with Crippen LogP contribution in [0.2, 0.25) is 0 Å². The van der Waals surface area contributed by atoms with Crippen molar-refractivity contribution >= 4 is 21.9 Å². The fourth-order valence-corrected chi connectivity index (χ4v) is 3.89. The molecule has 0 aliphatic rings. The van der Waals surface area contributed by atoms with Crippen LogP contribution in [0.15, 0.2) is 16.6 Å². The highest BCUT2D eigenvalue weighted by Gasteiger charge is 2.23. The third-order valence-corrected chi connectivity index (χ3v) is 5.75. The smallest absolute Gasteiger partial charge is 0.306 e. The summed E-state index contributed by atoms with van der Waals surface area (Å²) in [4.78, 5) is 12.5. The van der Waals surface area contributed by atoms with E-state index in [0.717, 1.165) is 29.3 Å². The van der Waals surface area contributed by atoms with E-state index in [1.54, 1.807) is 12.1 Å². The molecule has 1 aromatic rings. The minimum atomic E-state index is -0.170. The summed E-state index contributed by atoms with van der Waals surface area (Å²) in [5, 5.41) is 9.80. The average Bonchev–Trinajstić information content (AvgIpc) is 2.59. The van der Waals surface area contributed by atoms with Crippen molar-refractivity contribution < 1.29 is 19.4 Å². The van der Waals surface area contributed by atoms with Crippen LogP contribution < -0.4 is 4.74 Å². The molecule has 0 amide bonds. The van der Waals surface area contributed by atoms with E-state index < -0.39 is 0 Å². The van der Waals surface area contributed by atoms with Crippen LogP contribution in [0, 0.1) is 17.8 Å². The van der Waals surface area contributed by atoms with Crippen molar-refractivity contribution in [3.63, 3.8) is 0 Å². The summed E-state index contributed by atoms with van der Waals surface area (Å²) in [5.74, 6) is 1.84. The Hall–Kier alpha value is -1.23. The van der Waals surface area contributed by atoms with Crippen molar-refractivity contribution in [3.8, 4) is 11.5 Å². The number of phenolic OH excluding ortho intramolecular Hbond substituents is 1. The van der Waals surface area contributed by atoms with Gasteiger partial charge in [0.25, 0.3) is 0 Å². The van der Waals surface area contributed by atoms with E-state index in [1.807, 2.05) is 0 Å². The van der Waals surface area contributed by atoms with Gasteiger partial charge < -0.3 is 14.6 Å². The summed E-state index contributed by atoms with van der Waals surface area (Å²) in [6, 6.07) is 3.35. The van der Waals surface area contributed by atoms with E-state index in [0.29, 0.717) is 36.3 Å². The Kier molecular flexibility index (Phi) is 10.2. The van der Waals surface area contributed by atoms with Crippen LogP contribution in [0.25, 0.3) is 0 Å². The average molecular weight is 443 g/mol. The lowest BCUT2D eigenvalue weighted by molar-refractivity contribution is -0.152. The van der Waals surface area contributed by atoms with Gasteiger partial charge in [-0.2, -0.15) is 0 Å². The van der Waals surface area contributed by atoms with Gasteiger partial charge in [0.2, 0.25) is 0 Å². The van der Waals surface area contributed by atoms with Crippen molar-refractivity contribution in [1.29, 1.82) is 0 Å². The van der Waals surface area contributed by atoms with Crippen LogP contribution in [0.1, 0.15) is 65.9 Å². The van der Waals surface area contributed by atoms with Gasteiger partial charge >= 0.3 is 5.97 Å². The van der Waals surface area contributed by atoms with E-state index in [4.69, 9.17) is 9.47 Å². The molecule has 0 fully saturated rings. The maximum absolute atomic E-state index is 12.5. The number of aromatic hydroxyl groups is 1. The van der Waals surface area contributed by atoms with Gasteiger partial charge in [-0.3, -0.25) is 4.79 Å². The molecular weight excluding hydrogens is 408 g/mol. The standard InChI is InChI=1S/C22H35BrO4/c1-7-16(5)20(11-15(4)10-14(2)3)27-22(25)9-8-17-12-21(26-6)19(24)13-18(17)23/h12-16,20,24H,7-11H2,1-6H3/t15-,16?,20-/m0/s1. The lowest BCUT2D eigenvalue weighted by Gasteiger charge is -2.27. The lowest BCUT2D eigenvalue weighted by Crippen LogP contribution is -2.27. The number of halogens is 1. The number of ether oxygens (including phenoxy) is 2. The molecule has 1 aromatic carbocycles. The van der Waals surface area contributed by atoms with Crippen molar-refractivity contribution in [2.24, 2.45) is 17.8 Å². The zero-order chi connectivity index (χ0) is 20.6. The number of carbonyl (C=O) groups is 1. The molecule has 0 spiro atoms. The summed E-state index contributed by atoms with van der Waals surface area (Å²) in [7, 11) is 1.51. The largest absolute Gasteiger partial charge is 0.504 e. The normalized spacial score (nSPS) is 14.7. The van der Waals surface area contributed by atoms with E-state index in [1.165, 1.54) is 7.11 Å². The van der Waals surface area contributed by atoms with Gasteiger partial charge in [0.1, 0.15) is 6.10 Å². The minimum Gasteiger partial charge on any atom is -0.504 e. The van der Waals surface area contributed by atoms with Crippen molar-refractivity contribution in [2.75, 3.05) is 7.11 Å². The molecule has 0 heterocycles. The van der Waals surface area contributed by atoms with Crippen LogP contribution in [-0.2, 0) is 16.0 Å². The highest BCUT2D eigenvalue weighted by atomic mass is 79.9. The molecule has 0 bridgehead atoms. The van der Waals surface area contributed by atoms with Crippen molar-refractivity contribution in [3.05, 3.63) is 22.2 Å². The second kappa shape index (κ2) is 11.6. The Morgan fingerprint density at radius 3 is 2.41 bits per heavy atom.